The van der Waals surface area contributed by atoms with Gasteiger partial charge in [0, 0.05) is 25.6 Å². The Bertz CT molecular complexity index is 339. The van der Waals surface area contributed by atoms with Crippen molar-refractivity contribution in [2.45, 2.75) is 26.3 Å². The van der Waals surface area contributed by atoms with Crippen LogP contribution in [0.1, 0.15) is 20.3 Å². The quantitative estimate of drug-likeness (QED) is 0.689. The standard InChI is InChI=1S/C14H22N2O2/c1-12(2)16-14(17)8-9-15-10-11-18-13-6-4-3-5-7-13/h3-7,12,15H,8-11H2,1-2H3,(H,16,17). The highest BCUT2D eigenvalue weighted by molar-refractivity contribution is 5.76. The van der Waals surface area contributed by atoms with Gasteiger partial charge < -0.3 is 15.4 Å². The van der Waals surface area contributed by atoms with Crippen LogP contribution in [0.4, 0.5) is 0 Å². The van der Waals surface area contributed by atoms with Crippen molar-refractivity contribution in [1.29, 1.82) is 0 Å². The van der Waals surface area contributed by atoms with E-state index in [1.807, 2.05) is 44.2 Å². The Balaban J connectivity index is 1.98. The molecule has 0 unspecified atom stereocenters. The molecule has 0 saturated carbocycles. The molecule has 0 spiro atoms. The fourth-order valence-corrected chi connectivity index (χ4v) is 1.48. The Morgan fingerprint density at radius 3 is 2.61 bits per heavy atom. The molecule has 4 nitrogen and oxygen atoms in total. The van der Waals surface area contributed by atoms with Gasteiger partial charge in [-0.25, -0.2) is 0 Å². The van der Waals surface area contributed by atoms with Crippen LogP contribution >= 0.6 is 0 Å². The van der Waals surface area contributed by atoms with Crippen LogP contribution in [-0.4, -0.2) is 31.6 Å². The summed E-state index contributed by atoms with van der Waals surface area (Å²) in [6.45, 7) is 5.94. The van der Waals surface area contributed by atoms with Crippen LogP contribution in [-0.2, 0) is 4.79 Å². The van der Waals surface area contributed by atoms with Gasteiger partial charge in [0.25, 0.3) is 0 Å². The molecule has 0 atom stereocenters. The van der Waals surface area contributed by atoms with E-state index in [0.717, 1.165) is 12.3 Å². The van der Waals surface area contributed by atoms with E-state index < -0.39 is 0 Å². The molecule has 0 aromatic heterocycles. The van der Waals surface area contributed by atoms with Crippen LogP contribution in [0.2, 0.25) is 0 Å². The largest absolute Gasteiger partial charge is 0.492 e. The molecule has 18 heavy (non-hydrogen) atoms. The number of hydrogen-bond donors (Lipinski definition) is 2. The Hall–Kier alpha value is -1.55. The molecule has 1 rings (SSSR count). The maximum Gasteiger partial charge on any atom is 0.221 e. The van der Waals surface area contributed by atoms with Crippen LogP contribution in [0.5, 0.6) is 5.75 Å². The van der Waals surface area contributed by atoms with Crippen molar-refractivity contribution in [2.75, 3.05) is 19.7 Å². The highest BCUT2D eigenvalue weighted by atomic mass is 16.5. The smallest absolute Gasteiger partial charge is 0.221 e. The van der Waals surface area contributed by atoms with E-state index in [4.69, 9.17) is 4.74 Å². The number of nitrogens with one attached hydrogen (secondary N) is 2. The first-order valence-corrected chi connectivity index (χ1v) is 6.36. The molecule has 2 N–H and O–H groups in total. The van der Waals surface area contributed by atoms with Gasteiger partial charge in [0.15, 0.2) is 0 Å². The van der Waals surface area contributed by atoms with Gasteiger partial charge in [0.1, 0.15) is 12.4 Å². The van der Waals surface area contributed by atoms with Gasteiger partial charge in [0.2, 0.25) is 5.91 Å². The third kappa shape index (κ3) is 6.91. The number of rotatable bonds is 8. The maximum absolute atomic E-state index is 11.3. The Morgan fingerprint density at radius 2 is 1.94 bits per heavy atom. The predicted octanol–water partition coefficient (Wildman–Crippen LogP) is 1.57. The van der Waals surface area contributed by atoms with Crippen molar-refractivity contribution in [2.24, 2.45) is 0 Å². The minimum Gasteiger partial charge on any atom is -0.492 e. The van der Waals surface area contributed by atoms with E-state index in [1.165, 1.54) is 0 Å². The van der Waals surface area contributed by atoms with Crippen molar-refractivity contribution in [3.8, 4) is 5.75 Å². The molecule has 1 aromatic rings. The molecule has 0 aliphatic carbocycles. The Morgan fingerprint density at radius 1 is 1.22 bits per heavy atom. The van der Waals surface area contributed by atoms with Crippen molar-refractivity contribution in [1.82, 2.24) is 10.6 Å². The highest BCUT2D eigenvalue weighted by Gasteiger charge is 2.01. The van der Waals surface area contributed by atoms with E-state index in [2.05, 4.69) is 10.6 Å². The first kappa shape index (κ1) is 14.5. The summed E-state index contributed by atoms with van der Waals surface area (Å²) in [6.07, 6.45) is 0.503. The van der Waals surface area contributed by atoms with Gasteiger partial charge in [-0.1, -0.05) is 18.2 Å². The minimum absolute atomic E-state index is 0.0847. The summed E-state index contributed by atoms with van der Waals surface area (Å²) < 4.78 is 5.51. The summed E-state index contributed by atoms with van der Waals surface area (Å²) in [4.78, 5) is 11.3. The van der Waals surface area contributed by atoms with Gasteiger partial charge in [0.05, 0.1) is 0 Å². The lowest BCUT2D eigenvalue weighted by atomic mass is 10.3. The van der Waals surface area contributed by atoms with Crippen molar-refractivity contribution < 1.29 is 9.53 Å². The molecular formula is C14H22N2O2. The summed E-state index contributed by atoms with van der Waals surface area (Å²) in [5.74, 6) is 0.957. The van der Waals surface area contributed by atoms with Crippen LogP contribution in [0.15, 0.2) is 30.3 Å². The predicted molar refractivity (Wildman–Crippen MR) is 72.7 cm³/mol. The summed E-state index contributed by atoms with van der Waals surface area (Å²) in [6, 6.07) is 9.90. The fraction of sp³-hybridized carbons (Fsp3) is 0.500. The normalized spacial score (nSPS) is 10.4. The molecule has 4 heteroatoms. The lowest BCUT2D eigenvalue weighted by molar-refractivity contribution is -0.121. The lowest BCUT2D eigenvalue weighted by Gasteiger charge is -2.09. The third-order valence-electron chi connectivity index (χ3n) is 2.27. The Labute approximate surface area is 109 Å². The number of ether oxygens (including phenoxy) is 1. The second kappa shape index (κ2) is 8.53. The van der Waals surface area contributed by atoms with Crippen LogP contribution in [0, 0.1) is 0 Å². The third-order valence-corrected chi connectivity index (χ3v) is 2.27. The number of amides is 1. The zero-order chi connectivity index (χ0) is 13.2. The molecule has 0 heterocycles. The SMILES string of the molecule is CC(C)NC(=O)CCNCCOc1ccccc1. The van der Waals surface area contributed by atoms with Gasteiger partial charge in [-0.3, -0.25) is 4.79 Å². The molecule has 0 saturated heterocycles. The van der Waals surface area contributed by atoms with Gasteiger partial charge >= 0.3 is 0 Å². The van der Waals surface area contributed by atoms with Crippen LogP contribution in [0.25, 0.3) is 0 Å². The maximum atomic E-state index is 11.3. The first-order chi connectivity index (χ1) is 8.68. The van der Waals surface area contributed by atoms with Crippen LogP contribution in [0.3, 0.4) is 0 Å². The zero-order valence-corrected chi connectivity index (χ0v) is 11.1. The number of carbonyl (C=O) groups is 1. The summed E-state index contributed by atoms with van der Waals surface area (Å²) in [7, 11) is 0. The van der Waals surface area contributed by atoms with Crippen molar-refractivity contribution in [3.63, 3.8) is 0 Å². The Kier molecular flexibility index (Phi) is 6.87. The molecule has 0 fully saturated rings. The zero-order valence-electron chi connectivity index (χ0n) is 11.1. The highest BCUT2D eigenvalue weighted by Crippen LogP contribution is 2.07. The van der Waals surface area contributed by atoms with E-state index >= 15 is 0 Å². The monoisotopic (exact) mass is 250 g/mol. The molecule has 1 aromatic carbocycles. The molecule has 1 amide bonds. The number of carbonyl (C=O) groups excluding carboxylic acids is 1. The lowest BCUT2D eigenvalue weighted by Crippen LogP contribution is -2.33. The van der Waals surface area contributed by atoms with Gasteiger partial charge in [-0.15, -0.1) is 0 Å². The van der Waals surface area contributed by atoms with E-state index in [-0.39, 0.29) is 11.9 Å². The first-order valence-electron chi connectivity index (χ1n) is 6.36. The fourth-order valence-electron chi connectivity index (χ4n) is 1.48. The average Bonchev–Trinajstić information content (AvgIpc) is 2.34. The van der Waals surface area contributed by atoms with Gasteiger partial charge in [-0.05, 0) is 26.0 Å². The minimum atomic E-state index is 0.0847. The number of para-hydroxylation sites is 1. The summed E-state index contributed by atoms with van der Waals surface area (Å²) >= 11 is 0. The molecule has 0 aliphatic heterocycles. The van der Waals surface area contributed by atoms with E-state index in [9.17, 15) is 4.79 Å². The van der Waals surface area contributed by atoms with Crippen LogP contribution < -0.4 is 15.4 Å². The average molecular weight is 250 g/mol. The second-order valence-corrected chi connectivity index (χ2v) is 4.38. The molecular weight excluding hydrogens is 228 g/mol. The number of benzene rings is 1. The molecule has 0 aliphatic rings. The van der Waals surface area contributed by atoms with E-state index in [0.29, 0.717) is 19.6 Å². The summed E-state index contributed by atoms with van der Waals surface area (Å²) in [5, 5.41) is 6.02. The van der Waals surface area contributed by atoms with Gasteiger partial charge in [-0.2, -0.15) is 0 Å². The molecule has 0 radical (unpaired) electrons. The van der Waals surface area contributed by atoms with E-state index in [1.54, 1.807) is 0 Å². The molecule has 100 valence electrons. The topological polar surface area (TPSA) is 50.4 Å². The number of hydrogen-bond acceptors (Lipinski definition) is 3. The van der Waals surface area contributed by atoms with Crippen molar-refractivity contribution in [3.05, 3.63) is 30.3 Å². The molecule has 0 bridgehead atoms. The second-order valence-electron chi connectivity index (χ2n) is 4.38. The summed E-state index contributed by atoms with van der Waals surface area (Å²) in [5.41, 5.74) is 0. The van der Waals surface area contributed by atoms with Crippen molar-refractivity contribution >= 4 is 5.91 Å².